The number of hydrogen-bond acceptors (Lipinski definition) is 4. The van der Waals surface area contributed by atoms with E-state index in [9.17, 15) is 4.79 Å². The van der Waals surface area contributed by atoms with E-state index >= 15 is 0 Å². The number of hydrogen-bond donors (Lipinski definition) is 2. The average Bonchev–Trinajstić information content (AvgIpc) is 2.67. The molecule has 0 aromatic carbocycles. The molecule has 0 saturated carbocycles. The maximum absolute atomic E-state index is 11.2. The van der Waals surface area contributed by atoms with Crippen LogP contribution in [0.3, 0.4) is 0 Å². The molecule has 1 aromatic heterocycles. The van der Waals surface area contributed by atoms with Gasteiger partial charge in [0.05, 0.1) is 12.7 Å². The van der Waals surface area contributed by atoms with Crippen molar-refractivity contribution in [2.45, 2.75) is 46.3 Å². The molecule has 0 radical (unpaired) electrons. The molecule has 0 aliphatic heterocycles. The normalized spacial score (nSPS) is 12.5. The van der Waals surface area contributed by atoms with E-state index in [1.165, 1.54) is 0 Å². The third kappa shape index (κ3) is 3.87. The number of nitrogen functional groups attached to an aromatic ring is 1. The predicted octanol–water partition coefficient (Wildman–Crippen LogP) is 1.90. The van der Waals surface area contributed by atoms with Crippen molar-refractivity contribution in [3.8, 4) is 0 Å². The summed E-state index contributed by atoms with van der Waals surface area (Å²) in [6.45, 7) is 6.41. The Morgan fingerprint density at radius 2 is 2.35 bits per heavy atom. The molecule has 0 bridgehead atoms. The Morgan fingerprint density at radius 3 is 2.94 bits per heavy atom. The van der Waals surface area contributed by atoms with Crippen LogP contribution in [0, 0.1) is 6.92 Å². The molecule has 17 heavy (non-hydrogen) atoms. The zero-order valence-electron chi connectivity index (χ0n) is 10.6. The monoisotopic (exact) mass is 240 g/mol. The molecule has 3 N–H and O–H groups in total. The molecule has 1 rings (SSSR count). The minimum atomic E-state index is -0.430. The first-order valence-electron chi connectivity index (χ1n) is 5.80. The van der Waals surface area contributed by atoms with Crippen LogP contribution in [0.2, 0.25) is 0 Å². The van der Waals surface area contributed by atoms with Gasteiger partial charge in [0.25, 0.3) is 0 Å². The van der Waals surface area contributed by atoms with Crippen molar-refractivity contribution in [3.05, 3.63) is 23.2 Å². The first-order valence-corrected chi connectivity index (χ1v) is 5.80. The Kier molecular flexibility index (Phi) is 5.18. The lowest BCUT2D eigenvalue weighted by Gasteiger charge is -2.10. The molecule has 1 aromatic rings. The van der Waals surface area contributed by atoms with Gasteiger partial charge in [-0.15, -0.1) is 0 Å². The second-order valence-corrected chi connectivity index (χ2v) is 4.08. The summed E-state index contributed by atoms with van der Waals surface area (Å²) in [5.41, 5.74) is 2.91. The second-order valence-electron chi connectivity index (χ2n) is 4.08. The fourth-order valence-corrected chi connectivity index (χ4v) is 1.57. The Morgan fingerprint density at radius 1 is 1.65 bits per heavy atom. The molecule has 1 heterocycles. The highest BCUT2D eigenvalue weighted by Gasteiger charge is 2.14. The first-order chi connectivity index (χ1) is 8.08. The van der Waals surface area contributed by atoms with Crippen molar-refractivity contribution in [1.29, 1.82) is 0 Å². The van der Waals surface area contributed by atoms with E-state index in [2.05, 4.69) is 6.92 Å². The molecule has 0 saturated heterocycles. The molecule has 5 nitrogen and oxygen atoms in total. The van der Waals surface area contributed by atoms with Crippen LogP contribution in [0.25, 0.3) is 0 Å². The Bertz CT molecular complexity index is 374. The van der Waals surface area contributed by atoms with E-state index in [1.807, 2.05) is 12.3 Å². The van der Waals surface area contributed by atoms with Crippen molar-refractivity contribution in [1.82, 2.24) is 5.43 Å². The zero-order chi connectivity index (χ0) is 12.8. The largest absolute Gasteiger partial charge is 0.456 e. The molecule has 0 fully saturated rings. The molecule has 1 amide bonds. The molecule has 1 atom stereocenters. The van der Waals surface area contributed by atoms with Gasteiger partial charge in [-0.2, -0.15) is 0 Å². The number of amides is 1. The number of nitrogens with one attached hydrogen (secondary N) is 1. The van der Waals surface area contributed by atoms with Gasteiger partial charge >= 0.3 is 5.91 Å². The van der Waals surface area contributed by atoms with Crippen molar-refractivity contribution >= 4 is 5.91 Å². The van der Waals surface area contributed by atoms with E-state index in [4.69, 9.17) is 15.0 Å². The smallest absolute Gasteiger partial charge is 0.300 e. The summed E-state index contributed by atoms with van der Waals surface area (Å²) in [5, 5.41) is 0. The number of carbonyl (C=O) groups is 1. The van der Waals surface area contributed by atoms with Gasteiger partial charge in [-0.25, -0.2) is 5.84 Å². The summed E-state index contributed by atoms with van der Waals surface area (Å²) >= 11 is 0. The molecular weight excluding hydrogens is 220 g/mol. The fourth-order valence-electron chi connectivity index (χ4n) is 1.57. The topological polar surface area (TPSA) is 77.5 Å². The van der Waals surface area contributed by atoms with Crippen LogP contribution < -0.4 is 11.3 Å². The van der Waals surface area contributed by atoms with Crippen LogP contribution in [0.5, 0.6) is 0 Å². The summed E-state index contributed by atoms with van der Waals surface area (Å²) < 4.78 is 10.9. The second kappa shape index (κ2) is 6.42. The third-order valence-corrected chi connectivity index (χ3v) is 2.59. The van der Waals surface area contributed by atoms with E-state index in [0.717, 1.165) is 18.4 Å². The van der Waals surface area contributed by atoms with Crippen LogP contribution in [0.4, 0.5) is 0 Å². The lowest BCUT2D eigenvalue weighted by molar-refractivity contribution is 0.0465. The van der Waals surface area contributed by atoms with Gasteiger partial charge in [-0.1, -0.05) is 13.3 Å². The van der Waals surface area contributed by atoms with Gasteiger partial charge in [0.2, 0.25) is 0 Å². The number of aryl methyl sites for hydroxylation is 1. The van der Waals surface area contributed by atoms with Crippen LogP contribution >= 0.6 is 0 Å². The average molecular weight is 240 g/mol. The van der Waals surface area contributed by atoms with Crippen molar-refractivity contribution in [3.63, 3.8) is 0 Å². The lowest BCUT2D eigenvalue weighted by Crippen LogP contribution is -2.29. The summed E-state index contributed by atoms with van der Waals surface area (Å²) in [6.07, 6.45) is 2.32. The van der Waals surface area contributed by atoms with Gasteiger partial charge < -0.3 is 9.15 Å². The molecule has 5 heteroatoms. The van der Waals surface area contributed by atoms with Crippen LogP contribution in [0.15, 0.2) is 10.5 Å². The molecular formula is C12H20N2O3. The highest BCUT2D eigenvalue weighted by Crippen LogP contribution is 2.16. The van der Waals surface area contributed by atoms with Crippen molar-refractivity contribution < 1.29 is 13.9 Å². The fraction of sp³-hybridized carbons (Fsp3) is 0.583. The van der Waals surface area contributed by atoms with E-state index in [0.29, 0.717) is 12.4 Å². The van der Waals surface area contributed by atoms with Gasteiger partial charge in [-0.05, 0) is 26.3 Å². The number of ether oxygens (including phenoxy) is 1. The van der Waals surface area contributed by atoms with Gasteiger partial charge in [-0.3, -0.25) is 10.2 Å². The molecule has 0 aliphatic carbocycles. The first kappa shape index (κ1) is 13.7. The highest BCUT2D eigenvalue weighted by molar-refractivity contribution is 5.91. The van der Waals surface area contributed by atoms with Gasteiger partial charge in [0, 0.05) is 5.56 Å². The summed E-state index contributed by atoms with van der Waals surface area (Å²) in [4.78, 5) is 11.2. The third-order valence-electron chi connectivity index (χ3n) is 2.59. The van der Waals surface area contributed by atoms with Crippen LogP contribution in [0.1, 0.15) is 48.6 Å². The number of hydrazine groups is 1. The van der Waals surface area contributed by atoms with E-state index in [-0.39, 0.29) is 11.9 Å². The van der Waals surface area contributed by atoms with E-state index in [1.54, 1.807) is 13.0 Å². The standard InChI is InChI=1S/C12H20N2O3/c1-4-5-8(2)16-7-10-6-11(12(15)14-13)17-9(10)3/h6,8H,4-5,7,13H2,1-3H3,(H,14,15). The summed E-state index contributed by atoms with van der Waals surface area (Å²) in [5.74, 6) is 5.51. The maximum Gasteiger partial charge on any atom is 0.300 e. The minimum Gasteiger partial charge on any atom is -0.456 e. The number of rotatable bonds is 6. The predicted molar refractivity (Wildman–Crippen MR) is 64.3 cm³/mol. The Hall–Kier alpha value is -1.33. The molecule has 1 unspecified atom stereocenters. The van der Waals surface area contributed by atoms with Crippen molar-refractivity contribution in [2.24, 2.45) is 5.84 Å². The van der Waals surface area contributed by atoms with E-state index < -0.39 is 5.91 Å². The maximum atomic E-state index is 11.2. The van der Waals surface area contributed by atoms with Crippen LogP contribution in [-0.2, 0) is 11.3 Å². The minimum absolute atomic E-state index is 0.209. The number of carbonyl (C=O) groups excluding carboxylic acids is 1. The molecule has 96 valence electrons. The van der Waals surface area contributed by atoms with Gasteiger partial charge in [0.15, 0.2) is 5.76 Å². The summed E-state index contributed by atoms with van der Waals surface area (Å²) in [7, 11) is 0. The Labute approximate surface area is 101 Å². The lowest BCUT2D eigenvalue weighted by atomic mass is 10.2. The number of furan rings is 1. The Balaban J connectivity index is 2.59. The van der Waals surface area contributed by atoms with Gasteiger partial charge in [0.1, 0.15) is 5.76 Å². The summed E-state index contributed by atoms with van der Waals surface area (Å²) in [6, 6.07) is 1.66. The zero-order valence-corrected chi connectivity index (χ0v) is 10.6. The quantitative estimate of drug-likeness (QED) is 0.452. The van der Waals surface area contributed by atoms with Crippen molar-refractivity contribution in [2.75, 3.05) is 0 Å². The molecule has 0 spiro atoms. The number of nitrogens with two attached hydrogens (primary N) is 1. The molecule has 0 aliphatic rings. The highest BCUT2D eigenvalue weighted by atomic mass is 16.5. The van der Waals surface area contributed by atoms with Crippen LogP contribution in [-0.4, -0.2) is 12.0 Å². The SMILES string of the molecule is CCCC(C)OCc1cc(C(=O)NN)oc1C.